The van der Waals surface area contributed by atoms with Gasteiger partial charge in [-0.05, 0) is 56.7 Å². The highest BCUT2D eigenvalue weighted by molar-refractivity contribution is 7.92. The molecule has 0 spiro atoms. The minimum atomic E-state index is -3.85. The summed E-state index contributed by atoms with van der Waals surface area (Å²) in [5.74, 6) is -0.916. The molecule has 2 aromatic rings. The van der Waals surface area contributed by atoms with Crippen LogP contribution in [0.3, 0.4) is 0 Å². The minimum Gasteiger partial charge on any atom is -0.352 e. The summed E-state index contributed by atoms with van der Waals surface area (Å²) in [6, 6.07) is 10.1. The molecule has 0 bridgehead atoms. The first kappa shape index (κ1) is 27.2. The fourth-order valence-corrected chi connectivity index (χ4v) is 4.29. The Morgan fingerprint density at radius 2 is 1.58 bits per heavy atom. The molecular formula is C22H26Cl3N3O4S. The molecule has 180 valence electrons. The number of hydrogen-bond donors (Lipinski definition) is 1. The third-order valence-electron chi connectivity index (χ3n) is 4.73. The van der Waals surface area contributed by atoms with Crippen molar-refractivity contribution in [2.75, 3.05) is 17.1 Å². The van der Waals surface area contributed by atoms with Crippen LogP contribution in [0, 0.1) is 0 Å². The molecule has 11 heteroatoms. The molecule has 2 rings (SSSR count). The molecule has 0 aliphatic heterocycles. The van der Waals surface area contributed by atoms with E-state index in [9.17, 15) is 18.0 Å². The topological polar surface area (TPSA) is 86.8 Å². The van der Waals surface area contributed by atoms with E-state index in [1.807, 2.05) is 13.8 Å². The number of benzene rings is 2. The second-order valence-corrected chi connectivity index (χ2v) is 11.0. The van der Waals surface area contributed by atoms with E-state index in [2.05, 4.69) is 5.32 Å². The van der Waals surface area contributed by atoms with Crippen LogP contribution in [0.4, 0.5) is 5.69 Å². The van der Waals surface area contributed by atoms with Gasteiger partial charge in [0.05, 0.1) is 22.0 Å². The molecule has 0 heterocycles. The molecule has 1 N–H and O–H groups in total. The second-order valence-electron chi connectivity index (χ2n) is 7.86. The van der Waals surface area contributed by atoms with Gasteiger partial charge in [0.1, 0.15) is 12.6 Å². The molecule has 7 nitrogen and oxygen atoms in total. The Morgan fingerprint density at radius 1 is 0.970 bits per heavy atom. The lowest BCUT2D eigenvalue weighted by molar-refractivity contribution is -0.139. The maximum Gasteiger partial charge on any atom is 0.244 e. The zero-order valence-electron chi connectivity index (χ0n) is 18.7. The Morgan fingerprint density at radius 3 is 2.09 bits per heavy atom. The van der Waals surface area contributed by atoms with Crippen LogP contribution in [0.5, 0.6) is 0 Å². The van der Waals surface area contributed by atoms with E-state index in [0.717, 1.165) is 16.1 Å². The summed E-state index contributed by atoms with van der Waals surface area (Å²) in [7, 11) is -3.85. The van der Waals surface area contributed by atoms with Gasteiger partial charge in [-0.15, -0.1) is 0 Å². The predicted molar refractivity (Wildman–Crippen MR) is 133 cm³/mol. The van der Waals surface area contributed by atoms with Crippen LogP contribution < -0.4 is 9.62 Å². The van der Waals surface area contributed by atoms with Crippen molar-refractivity contribution in [1.29, 1.82) is 0 Å². The van der Waals surface area contributed by atoms with E-state index in [4.69, 9.17) is 34.8 Å². The number of anilines is 1. The van der Waals surface area contributed by atoms with Crippen molar-refractivity contribution in [3.63, 3.8) is 0 Å². The normalized spacial score (nSPS) is 12.4. The van der Waals surface area contributed by atoms with E-state index in [-0.39, 0.29) is 34.2 Å². The summed E-state index contributed by atoms with van der Waals surface area (Å²) < 4.78 is 26.0. The Hall–Kier alpha value is -2.00. The molecule has 0 aromatic heterocycles. The van der Waals surface area contributed by atoms with E-state index >= 15 is 0 Å². The zero-order valence-corrected chi connectivity index (χ0v) is 21.8. The van der Waals surface area contributed by atoms with Crippen LogP contribution >= 0.6 is 34.8 Å². The van der Waals surface area contributed by atoms with Crippen molar-refractivity contribution in [2.24, 2.45) is 0 Å². The van der Waals surface area contributed by atoms with Gasteiger partial charge in [-0.2, -0.15) is 0 Å². The van der Waals surface area contributed by atoms with Crippen molar-refractivity contribution in [2.45, 2.75) is 39.4 Å². The number of rotatable bonds is 9. The van der Waals surface area contributed by atoms with Gasteiger partial charge < -0.3 is 10.2 Å². The van der Waals surface area contributed by atoms with Gasteiger partial charge >= 0.3 is 0 Å². The van der Waals surface area contributed by atoms with Crippen molar-refractivity contribution in [1.82, 2.24) is 10.2 Å². The molecule has 0 saturated heterocycles. The van der Waals surface area contributed by atoms with Crippen LogP contribution in [0.25, 0.3) is 0 Å². The summed E-state index contributed by atoms with van der Waals surface area (Å²) in [5, 5.41) is 3.72. The quantitative estimate of drug-likeness (QED) is 0.518. The lowest BCUT2D eigenvalue weighted by Crippen LogP contribution is -2.52. The standard InChI is InChI=1S/C22H26Cl3N3O4S/c1-14(2)26-22(30)15(3)27(12-16-5-7-17(23)8-6-16)21(29)13-28(33(4,31)32)18-9-10-19(24)20(25)11-18/h5-11,14-15H,12-13H2,1-4H3,(H,26,30)/t15-/m1/s1. The van der Waals surface area contributed by atoms with Crippen LogP contribution in [0.2, 0.25) is 15.1 Å². The first-order valence-electron chi connectivity index (χ1n) is 10.1. The van der Waals surface area contributed by atoms with E-state index in [1.54, 1.807) is 31.2 Å². The Labute approximate surface area is 209 Å². The van der Waals surface area contributed by atoms with Crippen molar-refractivity contribution >= 4 is 62.3 Å². The fourth-order valence-electron chi connectivity index (χ4n) is 3.03. The molecular weight excluding hydrogens is 509 g/mol. The van der Waals surface area contributed by atoms with Crippen molar-refractivity contribution in [3.05, 3.63) is 63.1 Å². The van der Waals surface area contributed by atoms with Gasteiger partial charge in [-0.3, -0.25) is 13.9 Å². The van der Waals surface area contributed by atoms with E-state index < -0.39 is 28.5 Å². The van der Waals surface area contributed by atoms with Crippen LogP contribution in [0.15, 0.2) is 42.5 Å². The molecule has 2 amide bonds. The average molecular weight is 535 g/mol. The number of amides is 2. The summed E-state index contributed by atoms with van der Waals surface area (Å²) >= 11 is 18.0. The SMILES string of the molecule is CC(C)NC(=O)[C@@H](C)N(Cc1ccc(Cl)cc1)C(=O)CN(c1ccc(Cl)c(Cl)c1)S(C)(=O)=O. The molecule has 2 aromatic carbocycles. The Bertz CT molecular complexity index is 1110. The maximum atomic E-state index is 13.4. The van der Waals surface area contributed by atoms with Crippen molar-refractivity contribution < 1.29 is 18.0 Å². The van der Waals surface area contributed by atoms with Crippen molar-refractivity contribution in [3.8, 4) is 0 Å². The largest absolute Gasteiger partial charge is 0.352 e. The number of nitrogens with zero attached hydrogens (tertiary/aromatic N) is 2. The Kier molecular flexibility index (Phi) is 9.43. The maximum absolute atomic E-state index is 13.4. The lowest BCUT2D eigenvalue weighted by Gasteiger charge is -2.32. The molecule has 0 fully saturated rings. The highest BCUT2D eigenvalue weighted by Gasteiger charge is 2.30. The zero-order chi connectivity index (χ0) is 24.9. The highest BCUT2D eigenvalue weighted by Crippen LogP contribution is 2.28. The predicted octanol–water partition coefficient (Wildman–Crippen LogP) is 4.35. The number of halogens is 3. The summed E-state index contributed by atoms with van der Waals surface area (Å²) in [4.78, 5) is 27.4. The summed E-state index contributed by atoms with van der Waals surface area (Å²) in [6.07, 6.45) is 0.987. The van der Waals surface area contributed by atoms with Gasteiger partial charge in [0.25, 0.3) is 0 Å². The molecule has 1 atom stereocenters. The second kappa shape index (κ2) is 11.4. The highest BCUT2D eigenvalue weighted by atomic mass is 35.5. The third kappa shape index (κ3) is 7.78. The molecule has 0 aliphatic rings. The van der Waals surface area contributed by atoms with Crippen LogP contribution in [-0.2, 0) is 26.2 Å². The number of carbonyl (C=O) groups excluding carboxylic acids is 2. The van der Waals surface area contributed by atoms with E-state index in [1.165, 1.54) is 23.1 Å². The number of hydrogen-bond acceptors (Lipinski definition) is 4. The number of nitrogens with one attached hydrogen (secondary N) is 1. The number of sulfonamides is 1. The van der Waals surface area contributed by atoms with Gasteiger partial charge in [0.2, 0.25) is 21.8 Å². The summed E-state index contributed by atoms with van der Waals surface area (Å²) in [5.41, 5.74) is 0.920. The smallest absolute Gasteiger partial charge is 0.244 e. The first-order chi connectivity index (χ1) is 15.3. The summed E-state index contributed by atoms with van der Waals surface area (Å²) in [6.45, 7) is 4.78. The van der Waals surface area contributed by atoms with Crippen LogP contribution in [-0.4, -0.2) is 50.0 Å². The third-order valence-corrected chi connectivity index (χ3v) is 6.87. The van der Waals surface area contributed by atoms with Gasteiger partial charge in [-0.25, -0.2) is 8.42 Å². The molecule has 0 unspecified atom stereocenters. The average Bonchev–Trinajstić information content (AvgIpc) is 2.71. The molecule has 33 heavy (non-hydrogen) atoms. The van der Waals surface area contributed by atoms with Gasteiger partial charge in [-0.1, -0.05) is 46.9 Å². The molecule has 0 saturated carbocycles. The monoisotopic (exact) mass is 533 g/mol. The van der Waals surface area contributed by atoms with Crippen LogP contribution in [0.1, 0.15) is 26.3 Å². The minimum absolute atomic E-state index is 0.0850. The lowest BCUT2D eigenvalue weighted by atomic mass is 10.1. The first-order valence-corrected chi connectivity index (χ1v) is 13.0. The van der Waals surface area contributed by atoms with E-state index in [0.29, 0.717) is 5.02 Å². The fraction of sp³-hybridized carbons (Fsp3) is 0.364. The van der Waals surface area contributed by atoms with Gasteiger partial charge in [0, 0.05) is 17.6 Å². The van der Waals surface area contributed by atoms with Gasteiger partial charge in [0.15, 0.2) is 0 Å². The molecule has 0 aliphatic carbocycles. The Balaban J connectivity index is 2.40. The molecule has 0 radical (unpaired) electrons. The number of carbonyl (C=O) groups is 2.